The fourth-order valence-electron chi connectivity index (χ4n) is 2.81. The summed E-state index contributed by atoms with van der Waals surface area (Å²) >= 11 is 0. The van der Waals surface area contributed by atoms with Crippen LogP contribution in [-0.4, -0.2) is 26.0 Å². The molecule has 8 heteroatoms. The van der Waals surface area contributed by atoms with Gasteiger partial charge in [-0.15, -0.1) is 0 Å². The molecule has 0 spiro atoms. The molecule has 1 unspecified atom stereocenters. The van der Waals surface area contributed by atoms with Gasteiger partial charge in [0.05, 0.1) is 18.3 Å². The van der Waals surface area contributed by atoms with Gasteiger partial charge in [-0.3, -0.25) is 4.68 Å². The van der Waals surface area contributed by atoms with Crippen molar-refractivity contribution in [2.75, 3.05) is 5.32 Å². The molecule has 5 nitrogen and oxygen atoms in total. The Morgan fingerprint density at radius 3 is 2.65 bits per heavy atom. The Labute approximate surface area is 131 Å². The Hall–Kier alpha value is -2.09. The van der Waals surface area contributed by atoms with Gasteiger partial charge in [0.25, 0.3) is 0 Å². The van der Waals surface area contributed by atoms with Crippen LogP contribution in [0.2, 0.25) is 0 Å². The van der Waals surface area contributed by atoms with Crippen LogP contribution in [0.3, 0.4) is 0 Å². The SMILES string of the molecule is Cn1cc(C(Nc2cccc(C(F)(F)F)n2)C2CC(O)C2)cn1. The van der Waals surface area contributed by atoms with Crippen LogP contribution in [0.5, 0.6) is 0 Å². The van der Waals surface area contributed by atoms with E-state index in [4.69, 9.17) is 0 Å². The zero-order valence-electron chi connectivity index (χ0n) is 12.5. The molecule has 1 aliphatic carbocycles. The van der Waals surface area contributed by atoms with Gasteiger partial charge in [0.1, 0.15) is 11.5 Å². The summed E-state index contributed by atoms with van der Waals surface area (Å²) in [6.07, 6.45) is -0.132. The first-order valence-corrected chi connectivity index (χ1v) is 7.30. The molecule has 0 amide bonds. The number of aromatic nitrogens is 3. The Morgan fingerprint density at radius 2 is 2.09 bits per heavy atom. The van der Waals surface area contributed by atoms with Crippen LogP contribution in [0.4, 0.5) is 19.0 Å². The van der Waals surface area contributed by atoms with Gasteiger partial charge >= 0.3 is 6.18 Å². The maximum Gasteiger partial charge on any atom is 0.433 e. The molecule has 1 saturated carbocycles. The minimum Gasteiger partial charge on any atom is -0.393 e. The van der Waals surface area contributed by atoms with E-state index >= 15 is 0 Å². The molecule has 3 rings (SSSR count). The van der Waals surface area contributed by atoms with E-state index in [0.717, 1.165) is 11.6 Å². The van der Waals surface area contributed by atoms with Crippen molar-refractivity contribution in [3.8, 4) is 0 Å². The zero-order chi connectivity index (χ0) is 16.6. The quantitative estimate of drug-likeness (QED) is 0.907. The molecule has 23 heavy (non-hydrogen) atoms. The summed E-state index contributed by atoms with van der Waals surface area (Å²) in [5, 5.41) is 16.7. The van der Waals surface area contributed by atoms with Crippen LogP contribution in [0.1, 0.15) is 30.1 Å². The van der Waals surface area contributed by atoms with Gasteiger partial charge in [-0.05, 0) is 30.9 Å². The van der Waals surface area contributed by atoms with E-state index in [9.17, 15) is 18.3 Å². The van der Waals surface area contributed by atoms with Gasteiger partial charge in [0.15, 0.2) is 0 Å². The second-order valence-electron chi connectivity index (χ2n) is 5.86. The van der Waals surface area contributed by atoms with Gasteiger partial charge in [0, 0.05) is 18.8 Å². The molecular weight excluding hydrogens is 309 g/mol. The molecule has 2 heterocycles. The number of aliphatic hydroxyl groups is 1. The number of hydrogen-bond acceptors (Lipinski definition) is 4. The molecule has 1 atom stereocenters. The lowest BCUT2D eigenvalue weighted by atomic mass is 9.75. The van der Waals surface area contributed by atoms with E-state index in [1.165, 1.54) is 12.1 Å². The van der Waals surface area contributed by atoms with Crippen molar-refractivity contribution in [3.05, 3.63) is 41.9 Å². The van der Waals surface area contributed by atoms with Crippen molar-refractivity contribution < 1.29 is 18.3 Å². The third-order valence-corrected chi connectivity index (χ3v) is 4.05. The van der Waals surface area contributed by atoms with Crippen molar-refractivity contribution in [1.82, 2.24) is 14.8 Å². The molecule has 1 aliphatic rings. The van der Waals surface area contributed by atoms with E-state index in [2.05, 4.69) is 15.4 Å². The van der Waals surface area contributed by atoms with Crippen molar-refractivity contribution in [2.24, 2.45) is 13.0 Å². The number of halogens is 3. The average Bonchev–Trinajstić information content (AvgIpc) is 2.88. The molecule has 2 aromatic rings. The van der Waals surface area contributed by atoms with E-state index in [0.29, 0.717) is 12.8 Å². The Bertz CT molecular complexity index is 679. The molecule has 1 fully saturated rings. The van der Waals surface area contributed by atoms with E-state index < -0.39 is 11.9 Å². The highest BCUT2D eigenvalue weighted by molar-refractivity contribution is 5.39. The van der Waals surface area contributed by atoms with Crippen LogP contribution in [0, 0.1) is 5.92 Å². The number of aryl methyl sites for hydroxylation is 1. The monoisotopic (exact) mass is 326 g/mol. The Balaban J connectivity index is 1.84. The van der Waals surface area contributed by atoms with Gasteiger partial charge < -0.3 is 10.4 Å². The van der Waals surface area contributed by atoms with E-state index in [1.807, 2.05) is 6.20 Å². The number of alkyl halides is 3. The van der Waals surface area contributed by atoms with Gasteiger partial charge in [-0.1, -0.05) is 6.07 Å². The fraction of sp³-hybridized carbons (Fsp3) is 0.467. The largest absolute Gasteiger partial charge is 0.433 e. The topological polar surface area (TPSA) is 63.0 Å². The third kappa shape index (κ3) is 3.47. The van der Waals surface area contributed by atoms with Crippen LogP contribution in [0.15, 0.2) is 30.6 Å². The van der Waals surface area contributed by atoms with Crippen LogP contribution in [-0.2, 0) is 13.2 Å². The first kappa shape index (κ1) is 15.8. The number of nitrogens with one attached hydrogen (secondary N) is 1. The lowest BCUT2D eigenvalue weighted by molar-refractivity contribution is -0.141. The van der Waals surface area contributed by atoms with Gasteiger partial charge in [0.2, 0.25) is 0 Å². The molecular formula is C15H17F3N4O. The number of anilines is 1. The van der Waals surface area contributed by atoms with Crippen molar-refractivity contribution in [3.63, 3.8) is 0 Å². The third-order valence-electron chi connectivity index (χ3n) is 4.05. The number of aliphatic hydroxyl groups excluding tert-OH is 1. The van der Waals surface area contributed by atoms with Crippen LogP contribution >= 0.6 is 0 Å². The zero-order valence-corrected chi connectivity index (χ0v) is 12.5. The predicted octanol–water partition coefficient (Wildman–Crippen LogP) is 2.76. The number of hydrogen-bond donors (Lipinski definition) is 2. The highest BCUT2D eigenvalue weighted by Gasteiger charge is 2.36. The van der Waals surface area contributed by atoms with E-state index in [-0.39, 0.29) is 23.9 Å². The molecule has 124 valence electrons. The molecule has 0 aromatic carbocycles. The number of pyridine rings is 1. The highest BCUT2D eigenvalue weighted by Crippen LogP contribution is 2.40. The van der Waals surface area contributed by atoms with Crippen LogP contribution in [0.25, 0.3) is 0 Å². The highest BCUT2D eigenvalue weighted by atomic mass is 19.4. The summed E-state index contributed by atoms with van der Waals surface area (Å²) in [6.45, 7) is 0. The standard InChI is InChI=1S/C15H17F3N4O/c1-22-8-10(7-19-22)14(9-5-11(23)6-9)21-13-4-2-3-12(20-13)15(16,17)18/h2-4,7-9,11,14,23H,5-6H2,1H3,(H,20,21). The Morgan fingerprint density at radius 1 is 1.35 bits per heavy atom. The number of rotatable bonds is 4. The predicted molar refractivity (Wildman–Crippen MR) is 77.5 cm³/mol. The summed E-state index contributed by atoms with van der Waals surface area (Å²) < 4.78 is 40.0. The van der Waals surface area contributed by atoms with Gasteiger partial charge in [-0.2, -0.15) is 18.3 Å². The number of nitrogens with zero attached hydrogens (tertiary/aromatic N) is 3. The van der Waals surface area contributed by atoms with E-state index in [1.54, 1.807) is 17.9 Å². The lowest BCUT2D eigenvalue weighted by Gasteiger charge is -2.38. The summed E-state index contributed by atoms with van der Waals surface area (Å²) in [4.78, 5) is 3.65. The first-order valence-electron chi connectivity index (χ1n) is 7.30. The van der Waals surface area contributed by atoms with Gasteiger partial charge in [-0.25, -0.2) is 4.98 Å². The second kappa shape index (κ2) is 5.84. The van der Waals surface area contributed by atoms with Crippen LogP contribution < -0.4 is 5.32 Å². The summed E-state index contributed by atoms with van der Waals surface area (Å²) in [5.74, 6) is 0.292. The van der Waals surface area contributed by atoms with Crippen molar-refractivity contribution >= 4 is 5.82 Å². The normalized spacial score (nSPS) is 22.5. The maximum atomic E-state index is 12.8. The van der Waals surface area contributed by atoms with Crippen molar-refractivity contribution in [2.45, 2.75) is 31.2 Å². The molecule has 2 aromatic heterocycles. The molecule has 0 radical (unpaired) electrons. The molecule has 2 N–H and O–H groups in total. The second-order valence-corrected chi connectivity index (χ2v) is 5.86. The minimum atomic E-state index is -4.48. The molecule has 0 bridgehead atoms. The Kier molecular flexibility index (Phi) is 4.01. The summed E-state index contributed by atoms with van der Waals surface area (Å²) in [6, 6.07) is 3.54. The van der Waals surface area contributed by atoms with Crippen molar-refractivity contribution in [1.29, 1.82) is 0 Å². The molecule has 0 saturated heterocycles. The fourth-order valence-corrected chi connectivity index (χ4v) is 2.81. The first-order chi connectivity index (χ1) is 10.8. The molecule has 0 aliphatic heterocycles. The smallest absolute Gasteiger partial charge is 0.393 e. The minimum absolute atomic E-state index is 0.130. The average molecular weight is 326 g/mol. The summed E-state index contributed by atoms with van der Waals surface area (Å²) in [7, 11) is 1.78. The lowest BCUT2D eigenvalue weighted by Crippen LogP contribution is -2.36. The maximum absolute atomic E-state index is 12.8. The summed E-state index contributed by atoms with van der Waals surface area (Å²) in [5.41, 5.74) is -0.0651.